The first-order valence-electron chi connectivity index (χ1n) is 10.2. The van der Waals surface area contributed by atoms with Crippen LogP contribution in [0.1, 0.15) is 38.3 Å². The zero-order valence-electron chi connectivity index (χ0n) is 18.3. The maximum absolute atomic E-state index is 14.8. The van der Waals surface area contributed by atoms with E-state index < -0.39 is 57.4 Å². The quantitative estimate of drug-likeness (QED) is 0.325. The van der Waals surface area contributed by atoms with E-state index in [1.807, 2.05) is 0 Å². The fraction of sp³-hybridized carbons (Fsp3) is 0.429. The van der Waals surface area contributed by atoms with Crippen LogP contribution >= 0.6 is 23.4 Å². The van der Waals surface area contributed by atoms with Crippen LogP contribution < -0.4 is 11.2 Å². The van der Waals surface area contributed by atoms with Gasteiger partial charge < -0.3 is 9.84 Å². The third kappa shape index (κ3) is 5.25. The van der Waals surface area contributed by atoms with E-state index in [4.69, 9.17) is 16.3 Å². The number of ether oxygens (including phenoxy) is 1. The number of benzene rings is 1. The van der Waals surface area contributed by atoms with Crippen LogP contribution in [0.15, 0.2) is 32.7 Å². The molecule has 0 bridgehead atoms. The smallest absolute Gasteiger partial charge is 0.431 e. The van der Waals surface area contributed by atoms with E-state index in [0.29, 0.717) is 18.2 Å². The molecule has 3 rings (SSSR count). The van der Waals surface area contributed by atoms with Crippen LogP contribution in [-0.4, -0.2) is 37.0 Å². The van der Waals surface area contributed by atoms with E-state index in [2.05, 4.69) is 0 Å². The maximum Gasteiger partial charge on any atom is 0.431 e. The van der Waals surface area contributed by atoms with Crippen molar-refractivity contribution >= 4 is 35.3 Å². The highest BCUT2D eigenvalue weighted by Crippen LogP contribution is 2.45. The molecule has 1 N–H and O–H groups in total. The van der Waals surface area contributed by atoms with Crippen molar-refractivity contribution in [2.24, 2.45) is 7.05 Å². The van der Waals surface area contributed by atoms with Gasteiger partial charge in [0.05, 0.1) is 10.7 Å². The van der Waals surface area contributed by atoms with Gasteiger partial charge >= 0.3 is 23.8 Å². The van der Waals surface area contributed by atoms with Gasteiger partial charge in [0.15, 0.2) is 0 Å². The Morgan fingerprint density at radius 1 is 1.26 bits per heavy atom. The Morgan fingerprint density at radius 3 is 2.43 bits per heavy atom. The van der Waals surface area contributed by atoms with E-state index in [-0.39, 0.29) is 44.4 Å². The van der Waals surface area contributed by atoms with Gasteiger partial charge in [0, 0.05) is 30.9 Å². The van der Waals surface area contributed by atoms with Gasteiger partial charge in [-0.1, -0.05) is 18.5 Å². The van der Waals surface area contributed by atoms with Crippen molar-refractivity contribution < 1.29 is 37.0 Å². The first-order valence-corrected chi connectivity index (χ1v) is 11.4. The van der Waals surface area contributed by atoms with Crippen LogP contribution in [0, 0.1) is 5.82 Å². The Bertz CT molecular complexity index is 1310. The van der Waals surface area contributed by atoms with Crippen molar-refractivity contribution in [3.8, 4) is 5.69 Å². The number of alkyl halides is 3. The molecule has 190 valence electrons. The number of hydrogen-bond acceptors (Lipinski definition) is 6. The normalized spacial score (nSPS) is 17.8. The lowest BCUT2D eigenvalue weighted by Gasteiger charge is -2.30. The molecule has 2 unspecified atom stereocenters. The molecule has 1 aromatic heterocycles. The number of aromatic nitrogens is 2. The summed E-state index contributed by atoms with van der Waals surface area (Å²) in [6, 6.07) is 1.83. The van der Waals surface area contributed by atoms with Crippen LogP contribution in [0.3, 0.4) is 0 Å². The summed E-state index contributed by atoms with van der Waals surface area (Å²) in [7, 11) is 0.778. The molecule has 1 aliphatic rings. The van der Waals surface area contributed by atoms with Gasteiger partial charge in [-0.15, -0.1) is 11.8 Å². The summed E-state index contributed by atoms with van der Waals surface area (Å²) in [6.07, 6.45) is -5.29. The molecular weight excluding hydrogens is 520 g/mol. The van der Waals surface area contributed by atoms with Crippen molar-refractivity contribution in [1.82, 2.24) is 9.13 Å². The number of thioether (sulfide) groups is 1. The summed E-state index contributed by atoms with van der Waals surface area (Å²) in [5.41, 5.74) is -5.11. The summed E-state index contributed by atoms with van der Waals surface area (Å²) in [5.74, 6) is -2.91. The molecule has 0 amide bonds. The van der Waals surface area contributed by atoms with Crippen LogP contribution in [0.4, 0.5) is 17.6 Å². The molecule has 1 saturated heterocycles. The first-order chi connectivity index (χ1) is 16.2. The molecule has 0 saturated carbocycles. The van der Waals surface area contributed by atoms with E-state index in [1.165, 1.54) is 0 Å². The van der Waals surface area contributed by atoms with Gasteiger partial charge in [-0.25, -0.2) is 13.8 Å². The van der Waals surface area contributed by atoms with E-state index in [0.717, 1.165) is 19.2 Å². The third-order valence-electron chi connectivity index (χ3n) is 5.64. The molecule has 14 heteroatoms. The number of nitrogens with zero attached hydrogens (tertiary/aromatic N) is 2. The second-order valence-corrected chi connectivity index (χ2v) is 9.72. The molecule has 1 aromatic carbocycles. The SMILES string of the molecule is CCC(CC1CCC(=O)O1)(Sc1cc(-n2c(=O)cc(C(F)(F)F)n(C)c2=O)c(F)cc1Cl)C(=O)O. The highest BCUT2D eigenvalue weighted by molar-refractivity contribution is 8.01. The maximum atomic E-state index is 14.8. The lowest BCUT2D eigenvalue weighted by molar-refractivity contribution is -0.146. The molecule has 1 fully saturated rings. The molecule has 0 aliphatic carbocycles. The van der Waals surface area contributed by atoms with Crippen molar-refractivity contribution in [2.75, 3.05) is 0 Å². The monoisotopic (exact) mass is 538 g/mol. The van der Waals surface area contributed by atoms with Gasteiger partial charge in [0.2, 0.25) is 0 Å². The topological polar surface area (TPSA) is 108 Å². The number of aliphatic carboxylic acids is 1. The minimum absolute atomic E-state index is 0.0338. The lowest BCUT2D eigenvalue weighted by Crippen LogP contribution is -2.41. The number of carbonyl (C=O) groups excluding carboxylic acids is 1. The molecule has 2 atom stereocenters. The summed E-state index contributed by atoms with van der Waals surface area (Å²) in [4.78, 5) is 48.7. The first kappa shape index (κ1) is 26.8. The molecule has 8 nitrogen and oxygen atoms in total. The number of rotatable bonds is 7. The number of carbonyl (C=O) groups is 2. The molecular formula is C21H19ClF4N2O6S. The molecule has 0 spiro atoms. The van der Waals surface area contributed by atoms with E-state index in [9.17, 15) is 41.8 Å². The van der Waals surface area contributed by atoms with Crippen LogP contribution in [-0.2, 0) is 27.5 Å². The predicted molar refractivity (Wildman–Crippen MR) is 117 cm³/mol. The average molecular weight is 539 g/mol. The van der Waals surface area contributed by atoms with E-state index >= 15 is 0 Å². The van der Waals surface area contributed by atoms with Crippen LogP contribution in [0.5, 0.6) is 0 Å². The van der Waals surface area contributed by atoms with Gasteiger partial charge in [-0.2, -0.15) is 13.2 Å². The highest BCUT2D eigenvalue weighted by atomic mass is 35.5. The van der Waals surface area contributed by atoms with Crippen molar-refractivity contribution in [3.05, 3.63) is 55.6 Å². The van der Waals surface area contributed by atoms with Gasteiger partial charge in [-0.3, -0.25) is 19.0 Å². The fourth-order valence-corrected chi connectivity index (χ4v) is 5.25. The Hall–Kier alpha value is -2.80. The number of esters is 1. The number of halogens is 5. The standard InChI is InChI=1S/C21H19ClF4N2O6S/c1-3-20(18(31)32,9-10-4-5-17(30)34-10)35-14-7-13(12(23)6-11(14)22)28-16(29)8-15(21(24,25)26)27(2)19(28)33/h6-8,10H,3-5,9H2,1-2H3,(H,31,32). The Morgan fingerprint density at radius 2 is 1.91 bits per heavy atom. The molecule has 2 aromatic rings. The molecule has 2 heterocycles. The number of carboxylic acid groups (broad SMARTS) is 1. The molecule has 35 heavy (non-hydrogen) atoms. The van der Waals surface area contributed by atoms with E-state index in [1.54, 1.807) is 6.92 Å². The van der Waals surface area contributed by atoms with Crippen LogP contribution in [0.2, 0.25) is 5.02 Å². The third-order valence-corrected chi connectivity index (χ3v) is 7.65. The predicted octanol–water partition coefficient (Wildman–Crippen LogP) is 3.77. The van der Waals surface area contributed by atoms with Crippen molar-refractivity contribution in [2.45, 2.75) is 54.5 Å². The minimum atomic E-state index is -5.00. The molecule has 0 radical (unpaired) electrons. The Balaban J connectivity index is 2.12. The van der Waals surface area contributed by atoms with Crippen LogP contribution in [0.25, 0.3) is 5.69 Å². The summed E-state index contributed by atoms with van der Waals surface area (Å²) in [6.45, 7) is 1.58. The Labute approximate surface area is 204 Å². The summed E-state index contributed by atoms with van der Waals surface area (Å²) >= 11 is 6.84. The Kier molecular flexibility index (Phi) is 7.42. The number of hydrogen-bond donors (Lipinski definition) is 1. The average Bonchev–Trinajstić information content (AvgIpc) is 3.16. The summed E-state index contributed by atoms with van der Waals surface area (Å²) < 4.78 is 58.1. The van der Waals surface area contributed by atoms with Gasteiger partial charge in [-0.05, 0) is 25.0 Å². The van der Waals surface area contributed by atoms with Crippen molar-refractivity contribution in [3.63, 3.8) is 0 Å². The zero-order valence-corrected chi connectivity index (χ0v) is 19.9. The molecule has 1 aliphatic heterocycles. The minimum Gasteiger partial charge on any atom is -0.480 e. The second kappa shape index (κ2) is 9.69. The number of carboxylic acids is 1. The fourth-order valence-electron chi connectivity index (χ4n) is 3.73. The zero-order chi connectivity index (χ0) is 26.3. The number of cyclic esters (lactones) is 1. The summed E-state index contributed by atoms with van der Waals surface area (Å²) in [5, 5.41) is 9.74. The van der Waals surface area contributed by atoms with Gasteiger partial charge in [0.25, 0.3) is 5.56 Å². The van der Waals surface area contributed by atoms with Gasteiger partial charge in [0.1, 0.15) is 22.4 Å². The highest BCUT2D eigenvalue weighted by Gasteiger charge is 2.43. The second-order valence-electron chi connectivity index (χ2n) is 7.89. The largest absolute Gasteiger partial charge is 0.480 e. The lowest BCUT2D eigenvalue weighted by atomic mass is 9.96. The van der Waals surface area contributed by atoms with Crippen molar-refractivity contribution in [1.29, 1.82) is 0 Å².